The highest BCUT2D eigenvalue weighted by molar-refractivity contribution is 5.00. The van der Waals surface area contributed by atoms with Gasteiger partial charge in [-0.3, -0.25) is 0 Å². The molecule has 0 bridgehead atoms. The van der Waals surface area contributed by atoms with Crippen LogP contribution >= 0.6 is 0 Å². The van der Waals surface area contributed by atoms with E-state index in [0.29, 0.717) is 0 Å². The summed E-state index contributed by atoms with van der Waals surface area (Å²) in [7, 11) is 0. The third-order valence-electron chi connectivity index (χ3n) is 3.31. The summed E-state index contributed by atoms with van der Waals surface area (Å²) in [5.41, 5.74) is 6.21. The molecule has 0 aromatic heterocycles. The zero-order chi connectivity index (χ0) is 11.1. The maximum atomic E-state index is 6.25. The topological polar surface area (TPSA) is 35.2 Å². The Kier molecular flexibility index (Phi) is 5.14. The van der Waals surface area contributed by atoms with E-state index in [4.69, 9.17) is 10.5 Å². The normalized spacial score (nSPS) is 20.7. The Balaban J connectivity index is 2.49. The van der Waals surface area contributed by atoms with Crippen LogP contribution in [0.5, 0.6) is 0 Å². The molecule has 1 saturated carbocycles. The lowest BCUT2D eigenvalue weighted by Gasteiger charge is -2.34. The predicted molar refractivity (Wildman–Crippen MR) is 63.5 cm³/mol. The third kappa shape index (κ3) is 3.22. The molecule has 0 heterocycles. The zero-order valence-corrected chi connectivity index (χ0v) is 10.0. The van der Waals surface area contributed by atoms with Gasteiger partial charge >= 0.3 is 0 Å². The molecule has 2 N–H and O–H groups in total. The Morgan fingerprint density at radius 3 is 2.60 bits per heavy atom. The van der Waals surface area contributed by atoms with E-state index in [1.54, 1.807) is 0 Å². The van der Waals surface area contributed by atoms with Crippen molar-refractivity contribution < 1.29 is 4.74 Å². The Morgan fingerprint density at radius 2 is 2.07 bits per heavy atom. The van der Waals surface area contributed by atoms with E-state index in [9.17, 15) is 0 Å². The van der Waals surface area contributed by atoms with Gasteiger partial charge in [-0.1, -0.05) is 12.8 Å². The Morgan fingerprint density at radius 1 is 1.40 bits per heavy atom. The summed E-state index contributed by atoms with van der Waals surface area (Å²) in [6, 6.07) is 0.154. The molecule has 0 amide bonds. The molecular formula is C13H23NO. The van der Waals surface area contributed by atoms with Crippen molar-refractivity contribution in [3.8, 4) is 11.8 Å². The molecule has 1 unspecified atom stereocenters. The van der Waals surface area contributed by atoms with Gasteiger partial charge in [0.25, 0.3) is 0 Å². The first-order valence-corrected chi connectivity index (χ1v) is 6.04. The van der Waals surface area contributed by atoms with Crippen molar-refractivity contribution in [3.05, 3.63) is 0 Å². The maximum Gasteiger partial charge on any atom is 0.0832 e. The smallest absolute Gasteiger partial charge is 0.0832 e. The Hall–Kier alpha value is -0.520. The summed E-state index contributed by atoms with van der Waals surface area (Å²) in [5.74, 6) is 5.99. The first-order chi connectivity index (χ1) is 7.25. The summed E-state index contributed by atoms with van der Waals surface area (Å²) >= 11 is 0. The van der Waals surface area contributed by atoms with Gasteiger partial charge in [0.15, 0.2) is 0 Å². The minimum absolute atomic E-state index is 0.0375. The van der Waals surface area contributed by atoms with Crippen molar-refractivity contribution in [2.45, 2.75) is 64.0 Å². The van der Waals surface area contributed by atoms with Gasteiger partial charge in [0, 0.05) is 19.1 Å². The Labute approximate surface area is 93.6 Å². The van der Waals surface area contributed by atoms with Crippen LogP contribution in [0.3, 0.4) is 0 Å². The van der Waals surface area contributed by atoms with E-state index < -0.39 is 0 Å². The van der Waals surface area contributed by atoms with E-state index >= 15 is 0 Å². The SMILES string of the molecule is CC#CCCC(N)C1(OCC)CCCC1. The average Bonchev–Trinajstić information content (AvgIpc) is 2.68. The fourth-order valence-corrected chi connectivity index (χ4v) is 2.50. The number of nitrogens with two attached hydrogens (primary N) is 1. The molecule has 0 aliphatic heterocycles. The van der Waals surface area contributed by atoms with Gasteiger partial charge in [0.05, 0.1) is 5.60 Å². The van der Waals surface area contributed by atoms with Crippen molar-refractivity contribution in [2.24, 2.45) is 5.73 Å². The van der Waals surface area contributed by atoms with E-state index in [0.717, 1.165) is 32.3 Å². The molecule has 0 spiro atoms. The van der Waals surface area contributed by atoms with Crippen LogP contribution in [0, 0.1) is 11.8 Å². The lowest BCUT2D eigenvalue weighted by atomic mass is 9.89. The second-order valence-corrected chi connectivity index (χ2v) is 4.28. The highest BCUT2D eigenvalue weighted by Crippen LogP contribution is 2.36. The predicted octanol–water partition coefficient (Wildman–Crippen LogP) is 2.47. The second-order valence-electron chi connectivity index (χ2n) is 4.28. The van der Waals surface area contributed by atoms with Crippen LogP contribution in [-0.4, -0.2) is 18.2 Å². The van der Waals surface area contributed by atoms with E-state index in [1.807, 2.05) is 6.92 Å². The number of hydrogen-bond acceptors (Lipinski definition) is 2. The fourth-order valence-electron chi connectivity index (χ4n) is 2.50. The lowest BCUT2D eigenvalue weighted by molar-refractivity contribution is -0.0539. The molecule has 15 heavy (non-hydrogen) atoms. The largest absolute Gasteiger partial charge is 0.374 e. The van der Waals surface area contributed by atoms with Crippen molar-refractivity contribution in [2.75, 3.05) is 6.61 Å². The molecule has 0 aromatic carbocycles. The van der Waals surface area contributed by atoms with Crippen molar-refractivity contribution in [3.63, 3.8) is 0 Å². The van der Waals surface area contributed by atoms with Crippen LogP contribution in [-0.2, 0) is 4.74 Å². The molecule has 0 saturated heterocycles. The summed E-state index contributed by atoms with van der Waals surface area (Å²) in [5, 5.41) is 0. The van der Waals surface area contributed by atoms with Crippen LogP contribution < -0.4 is 5.73 Å². The van der Waals surface area contributed by atoms with Crippen LogP contribution in [0.15, 0.2) is 0 Å². The van der Waals surface area contributed by atoms with Crippen LogP contribution in [0.25, 0.3) is 0 Å². The standard InChI is InChI=1S/C13H23NO/c1-3-5-6-9-12(14)13(15-4-2)10-7-8-11-13/h12H,4,6-11,14H2,1-2H3. The van der Waals surface area contributed by atoms with E-state index in [2.05, 4.69) is 18.8 Å². The molecule has 1 fully saturated rings. The quantitative estimate of drug-likeness (QED) is 0.706. The van der Waals surface area contributed by atoms with Crippen molar-refractivity contribution in [1.82, 2.24) is 0 Å². The summed E-state index contributed by atoms with van der Waals surface area (Å²) in [6.45, 7) is 4.70. The zero-order valence-electron chi connectivity index (χ0n) is 10.0. The van der Waals surface area contributed by atoms with Gasteiger partial charge in [-0.2, -0.15) is 0 Å². The molecule has 2 heteroatoms. The average molecular weight is 209 g/mol. The molecular weight excluding hydrogens is 186 g/mol. The summed E-state index contributed by atoms with van der Waals surface area (Å²) in [6.07, 6.45) is 6.62. The van der Waals surface area contributed by atoms with Gasteiger partial charge < -0.3 is 10.5 Å². The maximum absolute atomic E-state index is 6.25. The summed E-state index contributed by atoms with van der Waals surface area (Å²) in [4.78, 5) is 0. The van der Waals surface area contributed by atoms with Crippen LogP contribution in [0.1, 0.15) is 52.4 Å². The first kappa shape index (κ1) is 12.5. The van der Waals surface area contributed by atoms with Gasteiger partial charge in [-0.25, -0.2) is 0 Å². The van der Waals surface area contributed by atoms with Gasteiger partial charge in [-0.15, -0.1) is 11.8 Å². The highest BCUT2D eigenvalue weighted by atomic mass is 16.5. The van der Waals surface area contributed by atoms with Crippen molar-refractivity contribution in [1.29, 1.82) is 0 Å². The monoisotopic (exact) mass is 209 g/mol. The highest BCUT2D eigenvalue weighted by Gasteiger charge is 2.39. The van der Waals surface area contributed by atoms with Crippen molar-refractivity contribution >= 4 is 0 Å². The molecule has 1 rings (SSSR count). The number of ether oxygens (including phenoxy) is 1. The van der Waals surface area contributed by atoms with Gasteiger partial charge in [-0.05, 0) is 33.1 Å². The van der Waals surface area contributed by atoms with E-state index in [-0.39, 0.29) is 11.6 Å². The first-order valence-electron chi connectivity index (χ1n) is 6.04. The lowest BCUT2D eigenvalue weighted by Crippen LogP contribution is -2.48. The van der Waals surface area contributed by atoms with E-state index in [1.165, 1.54) is 12.8 Å². The van der Waals surface area contributed by atoms with Gasteiger partial charge in [0.2, 0.25) is 0 Å². The minimum Gasteiger partial charge on any atom is -0.374 e. The minimum atomic E-state index is -0.0375. The second kappa shape index (κ2) is 6.15. The fraction of sp³-hybridized carbons (Fsp3) is 0.846. The summed E-state index contributed by atoms with van der Waals surface area (Å²) < 4.78 is 5.91. The molecule has 86 valence electrons. The molecule has 1 atom stereocenters. The molecule has 0 radical (unpaired) electrons. The van der Waals surface area contributed by atoms with Crippen LogP contribution in [0.2, 0.25) is 0 Å². The molecule has 1 aliphatic rings. The van der Waals surface area contributed by atoms with Crippen LogP contribution in [0.4, 0.5) is 0 Å². The Bertz CT molecular complexity index is 233. The number of rotatable bonds is 5. The third-order valence-corrected chi connectivity index (χ3v) is 3.31. The molecule has 1 aliphatic carbocycles. The number of hydrogen-bond donors (Lipinski definition) is 1. The molecule has 0 aromatic rings. The molecule has 2 nitrogen and oxygen atoms in total. The van der Waals surface area contributed by atoms with Gasteiger partial charge in [0.1, 0.15) is 0 Å².